The molecular formula is C15H19N3O8S. The molecule has 0 aromatic heterocycles. The second-order valence-electron chi connectivity index (χ2n) is 5.50. The number of nitrogens with two attached hydrogens (primary N) is 1. The quantitative estimate of drug-likeness (QED) is 0.312. The lowest BCUT2D eigenvalue weighted by atomic mass is 10.1. The topological polar surface area (TPSA) is 163 Å². The van der Waals surface area contributed by atoms with Gasteiger partial charge in [-0.05, 0) is 13.0 Å². The van der Waals surface area contributed by atoms with Crippen LogP contribution in [0.15, 0.2) is 12.1 Å². The normalized spacial score (nSPS) is 14.3. The molecule has 1 aromatic rings. The van der Waals surface area contributed by atoms with E-state index in [1.54, 1.807) is 13.0 Å². The van der Waals surface area contributed by atoms with E-state index in [-0.39, 0.29) is 30.9 Å². The van der Waals surface area contributed by atoms with Gasteiger partial charge in [0.05, 0.1) is 11.0 Å². The van der Waals surface area contributed by atoms with E-state index in [2.05, 4.69) is 5.32 Å². The molecule has 11 nitrogen and oxygen atoms in total. The van der Waals surface area contributed by atoms with Crippen molar-refractivity contribution >= 4 is 29.5 Å². The summed E-state index contributed by atoms with van der Waals surface area (Å²) < 4.78 is 15.3. The first-order valence-electron chi connectivity index (χ1n) is 7.88. The van der Waals surface area contributed by atoms with Crippen molar-refractivity contribution in [3.8, 4) is 11.5 Å². The summed E-state index contributed by atoms with van der Waals surface area (Å²) in [5, 5.41) is 21.9. The van der Waals surface area contributed by atoms with Crippen molar-refractivity contribution in [2.24, 2.45) is 5.73 Å². The highest BCUT2D eigenvalue weighted by molar-refractivity contribution is 7.99. The van der Waals surface area contributed by atoms with E-state index in [9.17, 15) is 19.7 Å². The SMILES string of the molecule is C[C@@H](SCCOC(=O)NC[C@H](N)C(=O)O)c1cc2c(cc1[N+](=O)[O-])OCO2. The van der Waals surface area contributed by atoms with Crippen molar-refractivity contribution in [2.75, 3.05) is 25.7 Å². The zero-order valence-electron chi connectivity index (χ0n) is 14.4. The second kappa shape index (κ2) is 9.28. The Balaban J connectivity index is 1.82. The van der Waals surface area contributed by atoms with Crippen molar-refractivity contribution in [3.63, 3.8) is 0 Å². The maximum Gasteiger partial charge on any atom is 0.407 e. The van der Waals surface area contributed by atoms with Crippen LogP contribution in [0.5, 0.6) is 11.5 Å². The molecule has 0 radical (unpaired) electrons. The van der Waals surface area contributed by atoms with E-state index in [1.165, 1.54) is 17.8 Å². The molecule has 148 valence electrons. The van der Waals surface area contributed by atoms with Crippen LogP contribution < -0.4 is 20.5 Å². The standard InChI is InChI=1S/C15H19N3O8S/c1-8(27-3-2-24-15(21)17-6-10(16)14(19)20)9-4-12-13(26-7-25-12)5-11(9)18(22)23/h4-5,8,10H,2-3,6-7,16H2,1H3,(H,17,21)(H,19,20)/t8-,10+/m1/s1. The molecule has 1 aromatic carbocycles. The number of carbonyl (C=O) groups excluding carboxylic acids is 1. The fraction of sp³-hybridized carbons (Fsp3) is 0.467. The molecule has 12 heteroatoms. The summed E-state index contributed by atoms with van der Waals surface area (Å²) in [6.07, 6.45) is -0.783. The number of aliphatic carboxylic acids is 1. The number of carboxylic acid groups (broad SMARTS) is 1. The van der Waals surface area contributed by atoms with E-state index in [0.29, 0.717) is 22.8 Å². The number of ether oxygens (including phenoxy) is 3. The number of carbonyl (C=O) groups is 2. The molecule has 0 saturated carbocycles. The Hall–Kier alpha value is -2.73. The third kappa shape index (κ3) is 5.62. The first-order chi connectivity index (χ1) is 12.8. The van der Waals surface area contributed by atoms with Crippen molar-refractivity contribution in [1.82, 2.24) is 5.32 Å². The van der Waals surface area contributed by atoms with Gasteiger partial charge >= 0.3 is 12.1 Å². The van der Waals surface area contributed by atoms with E-state index in [4.69, 9.17) is 25.1 Å². The smallest absolute Gasteiger partial charge is 0.407 e. The highest BCUT2D eigenvalue weighted by atomic mass is 32.2. The molecule has 1 amide bonds. The molecule has 2 rings (SSSR count). The van der Waals surface area contributed by atoms with Crippen molar-refractivity contribution in [2.45, 2.75) is 18.2 Å². The molecule has 1 heterocycles. The number of rotatable bonds is 9. The molecule has 0 aliphatic carbocycles. The predicted octanol–water partition coefficient (Wildman–Crippen LogP) is 1.26. The van der Waals surface area contributed by atoms with Gasteiger partial charge in [0.15, 0.2) is 11.5 Å². The van der Waals surface area contributed by atoms with Crippen LogP contribution in [0.25, 0.3) is 0 Å². The van der Waals surface area contributed by atoms with Crippen LogP contribution in [0.4, 0.5) is 10.5 Å². The molecule has 2 atom stereocenters. The minimum atomic E-state index is -1.23. The Labute approximate surface area is 158 Å². The maximum absolute atomic E-state index is 11.4. The van der Waals surface area contributed by atoms with E-state index < -0.39 is 23.0 Å². The Bertz CT molecular complexity index is 729. The number of hydrogen-bond donors (Lipinski definition) is 3. The summed E-state index contributed by atoms with van der Waals surface area (Å²) in [7, 11) is 0. The lowest BCUT2D eigenvalue weighted by Gasteiger charge is -2.13. The number of fused-ring (bicyclic) bond motifs is 1. The van der Waals surface area contributed by atoms with Crippen LogP contribution in [-0.2, 0) is 9.53 Å². The molecule has 0 saturated heterocycles. The molecule has 1 aliphatic heterocycles. The van der Waals surface area contributed by atoms with Crippen molar-refractivity contribution in [3.05, 3.63) is 27.8 Å². The molecule has 0 unspecified atom stereocenters. The molecule has 27 heavy (non-hydrogen) atoms. The van der Waals surface area contributed by atoms with Crippen LogP contribution in [0, 0.1) is 10.1 Å². The zero-order valence-corrected chi connectivity index (χ0v) is 15.2. The number of nitro benzene ring substituents is 1. The fourth-order valence-electron chi connectivity index (χ4n) is 2.21. The Morgan fingerprint density at radius 1 is 1.44 bits per heavy atom. The van der Waals surface area contributed by atoms with Gasteiger partial charge < -0.3 is 30.4 Å². The van der Waals surface area contributed by atoms with Crippen LogP contribution in [0.2, 0.25) is 0 Å². The summed E-state index contributed by atoms with van der Waals surface area (Å²) in [4.78, 5) is 32.8. The molecule has 4 N–H and O–H groups in total. The number of carboxylic acids is 1. The van der Waals surface area contributed by atoms with Crippen LogP contribution >= 0.6 is 11.8 Å². The van der Waals surface area contributed by atoms with Crippen molar-refractivity contribution < 1.29 is 33.8 Å². The average Bonchev–Trinajstić information content (AvgIpc) is 3.09. The largest absolute Gasteiger partial charge is 0.480 e. The number of thioether (sulfide) groups is 1. The van der Waals surface area contributed by atoms with Gasteiger partial charge in [0.25, 0.3) is 5.69 Å². The summed E-state index contributed by atoms with van der Waals surface area (Å²) >= 11 is 1.35. The van der Waals surface area contributed by atoms with Crippen molar-refractivity contribution in [1.29, 1.82) is 0 Å². The molecular weight excluding hydrogens is 382 g/mol. The first-order valence-corrected chi connectivity index (χ1v) is 8.93. The fourth-order valence-corrected chi connectivity index (χ4v) is 3.11. The third-order valence-corrected chi connectivity index (χ3v) is 4.78. The third-order valence-electron chi connectivity index (χ3n) is 3.62. The molecule has 1 aliphatic rings. The number of amides is 1. The number of nitrogens with zero attached hydrogens (tertiary/aromatic N) is 1. The average molecular weight is 401 g/mol. The zero-order chi connectivity index (χ0) is 20.0. The monoisotopic (exact) mass is 401 g/mol. The number of nitro groups is 1. The Morgan fingerprint density at radius 3 is 2.74 bits per heavy atom. The highest BCUT2D eigenvalue weighted by Gasteiger charge is 2.26. The lowest BCUT2D eigenvalue weighted by Crippen LogP contribution is -2.42. The van der Waals surface area contributed by atoms with Crippen LogP contribution in [0.3, 0.4) is 0 Å². The van der Waals surface area contributed by atoms with Gasteiger partial charge in [0.1, 0.15) is 12.6 Å². The van der Waals surface area contributed by atoms with E-state index in [0.717, 1.165) is 0 Å². The highest BCUT2D eigenvalue weighted by Crippen LogP contribution is 2.43. The minimum Gasteiger partial charge on any atom is -0.480 e. The number of alkyl carbamates (subject to hydrolysis) is 1. The van der Waals surface area contributed by atoms with Gasteiger partial charge in [0.2, 0.25) is 6.79 Å². The molecule has 0 bridgehead atoms. The summed E-state index contributed by atoms with van der Waals surface area (Å²) in [6.45, 7) is 1.61. The van der Waals surface area contributed by atoms with Gasteiger partial charge in [0, 0.05) is 23.1 Å². The van der Waals surface area contributed by atoms with E-state index >= 15 is 0 Å². The van der Waals surface area contributed by atoms with Gasteiger partial charge in [-0.2, -0.15) is 11.8 Å². The summed E-state index contributed by atoms with van der Waals surface area (Å²) in [5.74, 6) is -0.0637. The number of hydrogen-bond acceptors (Lipinski definition) is 9. The van der Waals surface area contributed by atoms with Gasteiger partial charge in [-0.25, -0.2) is 4.79 Å². The summed E-state index contributed by atoms with van der Waals surface area (Å²) in [5.41, 5.74) is 5.66. The maximum atomic E-state index is 11.4. The van der Waals surface area contributed by atoms with Crippen LogP contribution in [-0.4, -0.2) is 53.8 Å². The Kier molecular flexibility index (Phi) is 7.07. The van der Waals surface area contributed by atoms with E-state index in [1.807, 2.05) is 0 Å². The molecule has 0 spiro atoms. The lowest BCUT2D eigenvalue weighted by molar-refractivity contribution is -0.385. The van der Waals surface area contributed by atoms with Gasteiger partial charge in [-0.1, -0.05) is 0 Å². The van der Waals surface area contributed by atoms with Gasteiger partial charge in [-0.3, -0.25) is 14.9 Å². The van der Waals surface area contributed by atoms with Crippen LogP contribution in [0.1, 0.15) is 17.7 Å². The second-order valence-corrected chi connectivity index (χ2v) is 6.94. The summed E-state index contributed by atoms with van der Waals surface area (Å²) in [6, 6.07) is 1.71. The Morgan fingerprint density at radius 2 is 2.11 bits per heavy atom. The number of nitrogens with one attached hydrogen (secondary N) is 1. The molecule has 0 fully saturated rings. The minimum absolute atomic E-state index is 0.0198. The predicted molar refractivity (Wildman–Crippen MR) is 95.1 cm³/mol. The number of benzene rings is 1. The first kappa shape index (κ1) is 20.6. The van der Waals surface area contributed by atoms with Gasteiger partial charge in [-0.15, -0.1) is 0 Å².